The van der Waals surface area contributed by atoms with Gasteiger partial charge in [0.05, 0.1) is 13.5 Å². The summed E-state index contributed by atoms with van der Waals surface area (Å²) in [6.07, 6.45) is 1.74. The van der Waals surface area contributed by atoms with Crippen molar-refractivity contribution in [1.29, 1.82) is 0 Å². The third kappa shape index (κ3) is 5.10. The van der Waals surface area contributed by atoms with Crippen LogP contribution in [0.25, 0.3) is 0 Å². The van der Waals surface area contributed by atoms with Crippen molar-refractivity contribution < 1.29 is 22.9 Å². The monoisotopic (exact) mass is 327 g/mol. The molecule has 1 aliphatic rings. The number of fused-ring (bicyclic) bond motifs is 1. The minimum Gasteiger partial charge on any atom is -0.482 e. The summed E-state index contributed by atoms with van der Waals surface area (Å²) in [5, 5.41) is 3.78. The lowest BCUT2D eigenvalue weighted by Crippen LogP contribution is -2.42. The largest absolute Gasteiger partial charge is 0.500 e. The fourth-order valence-electron chi connectivity index (χ4n) is 2.01. The molecule has 0 radical (unpaired) electrons. The summed E-state index contributed by atoms with van der Waals surface area (Å²) >= 11 is 0. The van der Waals surface area contributed by atoms with Gasteiger partial charge in [0.2, 0.25) is 5.90 Å². The maximum atomic E-state index is 5.17. The van der Waals surface area contributed by atoms with E-state index in [1.807, 2.05) is 24.3 Å². The van der Waals surface area contributed by atoms with E-state index in [0.717, 1.165) is 23.8 Å². The zero-order chi connectivity index (χ0) is 16.4. The van der Waals surface area contributed by atoms with Gasteiger partial charge in [0, 0.05) is 32.9 Å². The predicted octanol–water partition coefficient (Wildman–Crippen LogP) is 2.86. The van der Waals surface area contributed by atoms with Gasteiger partial charge >= 0.3 is 8.80 Å². The van der Waals surface area contributed by atoms with Crippen molar-refractivity contribution in [3.05, 3.63) is 29.8 Å². The third-order valence-corrected chi connectivity index (χ3v) is 6.26. The highest BCUT2D eigenvalue weighted by molar-refractivity contribution is 6.60. The summed E-state index contributed by atoms with van der Waals surface area (Å²) in [4.78, 5) is 5.09. The number of hydrogen-bond donors (Lipinski definition) is 0. The summed E-state index contributed by atoms with van der Waals surface area (Å²) in [5.41, 5.74) is 1.12. The lowest BCUT2D eigenvalue weighted by Gasteiger charge is -2.23. The molecule has 0 aliphatic carbocycles. The van der Waals surface area contributed by atoms with E-state index in [0.29, 0.717) is 12.3 Å². The molecule has 0 saturated carbocycles. The van der Waals surface area contributed by atoms with Crippen molar-refractivity contribution in [1.82, 2.24) is 0 Å². The zero-order valence-corrected chi connectivity index (χ0v) is 14.9. The Bertz CT molecular complexity index is 468. The van der Waals surface area contributed by atoms with E-state index in [-0.39, 0.29) is 0 Å². The molecule has 0 unspecified atom stereocenters. The van der Waals surface area contributed by atoms with Gasteiger partial charge in [-0.05, 0) is 11.2 Å². The van der Waals surface area contributed by atoms with Gasteiger partial charge in [0.15, 0.2) is 5.75 Å². The van der Waals surface area contributed by atoms with Crippen molar-refractivity contribution in [2.24, 2.45) is 5.16 Å². The second-order valence-corrected chi connectivity index (χ2v) is 7.70. The smallest absolute Gasteiger partial charge is 0.482 e. The fourth-order valence-corrected chi connectivity index (χ4v) is 3.73. The molecule has 124 valence electrons. The van der Waals surface area contributed by atoms with Crippen LogP contribution in [0.4, 0.5) is 0 Å². The molecule has 6 nitrogen and oxygen atoms in total. The minimum atomic E-state index is -2.22. The van der Waals surface area contributed by atoms with Crippen LogP contribution in [-0.2, 0) is 24.4 Å². The van der Waals surface area contributed by atoms with Crippen molar-refractivity contribution >= 4 is 14.7 Å². The molecule has 0 bridgehead atoms. The molecule has 7 heteroatoms. The second kappa shape index (κ2) is 9.57. The van der Waals surface area contributed by atoms with E-state index < -0.39 is 8.80 Å². The number of nitrogens with zero attached hydrogens (tertiary/aromatic N) is 1. The average Bonchev–Trinajstić information content (AvgIpc) is 2.60. The Morgan fingerprint density at radius 3 is 2.23 bits per heavy atom. The third-order valence-electron chi connectivity index (χ3n) is 3.28. The van der Waals surface area contributed by atoms with Crippen LogP contribution in [0, 0.1) is 0 Å². The first-order chi connectivity index (χ1) is 10.6. The molecule has 22 heavy (non-hydrogen) atoms. The highest BCUT2D eigenvalue weighted by Gasteiger charge is 2.36. The number of ether oxygens (including phenoxy) is 1. The Kier molecular flexibility index (Phi) is 8.11. The average molecular weight is 327 g/mol. The van der Waals surface area contributed by atoms with Crippen LogP contribution < -0.4 is 4.84 Å². The van der Waals surface area contributed by atoms with Crippen LogP contribution in [-0.4, -0.2) is 43.1 Å². The maximum Gasteiger partial charge on any atom is 0.500 e. The topological polar surface area (TPSA) is 58.5 Å². The number of methoxy groups -OCH3 is 1. The summed E-state index contributed by atoms with van der Waals surface area (Å²) in [7, 11) is 4.28. The molecular weight excluding hydrogens is 302 g/mol. The lowest BCUT2D eigenvalue weighted by molar-refractivity contribution is 0.123. The molecule has 0 fully saturated rings. The summed E-state index contributed by atoms with van der Waals surface area (Å²) in [6, 6.07) is 8.68. The van der Waals surface area contributed by atoms with E-state index in [9.17, 15) is 0 Å². The van der Waals surface area contributed by atoms with Gasteiger partial charge in [-0.25, -0.2) is 0 Å². The van der Waals surface area contributed by atoms with E-state index in [1.54, 1.807) is 28.4 Å². The molecule has 0 atom stereocenters. The first-order valence-corrected chi connectivity index (χ1v) is 9.09. The molecule has 0 spiro atoms. The van der Waals surface area contributed by atoms with E-state index >= 15 is 0 Å². The van der Waals surface area contributed by atoms with Crippen LogP contribution in [0.1, 0.15) is 18.9 Å². The van der Waals surface area contributed by atoms with Crippen molar-refractivity contribution in [2.45, 2.75) is 25.8 Å². The zero-order valence-electron chi connectivity index (χ0n) is 13.9. The predicted molar refractivity (Wildman–Crippen MR) is 87.1 cm³/mol. The normalized spacial score (nSPS) is 13.2. The number of para-hydroxylation sites is 1. The molecule has 0 aromatic heterocycles. The summed E-state index contributed by atoms with van der Waals surface area (Å²) < 4.78 is 20.5. The molecule has 1 aliphatic heterocycles. The summed E-state index contributed by atoms with van der Waals surface area (Å²) in [6.45, 7) is 2.08. The highest BCUT2D eigenvalue weighted by atomic mass is 28.4. The highest BCUT2D eigenvalue weighted by Crippen LogP contribution is 2.22. The van der Waals surface area contributed by atoms with Crippen molar-refractivity contribution in [2.75, 3.05) is 28.4 Å². The molecule has 1 heterocycles. The van der Waals surface area contributed by atoms with Crippen molar-refractivity contribution in [3.8, 4) is 5.75 Å². The van der Waals surface area contributed by atoms with Gasteiger partial charge in [-0.3, -0.25) is 0 Å². The Morgan fingerprint density at radius 2 is 1.73 bits per heavy atom. The quantitative estimate of drug-likeness (QED) is 0.778. The molecule has 0 amide bonds. The van der Waals surface area contributed by atoms with E-state index in [4.69, 9.17) is 22.9 Å². The van der Waals surface area contributed by atoms with E-state index in [1.165, 1.54) is 0 Å². The summed E-state index contributed by atoms with van der Waals surface area (Å²) in [5.74, 6) is 1.44. The molecule has 1 aromatic rings. The molecule has 0 saturated heterocycles. The van der Waals surface area contributed by atoms with Gasteiger partial charge in [0.25, 0.3) is 0 Å². The Labute approximate surface area is 133 Å². The van der Waals surface area contributed by atoms with Crippen LogP contribution in [0.5, 0.6) is 5.75 Å². The maximum absolute atomic E-state index is 5.17. The van der Waals surface area contributed by atoms with Gasteiger partial charge in [-0.15, -0.1) is 0 Å². The first kappa shape index (κ1) is 18.6. The fraction of sp³-hybridized carbons (Fsp3) is 0.533. The first-order valence-electron chi connectivity index (χ1n) is 7.15. The van der Waals surface area contributed by atoms with Gasteiger partial charge in [-0.2, -0.15) is 0 Å². The van der Waals surface area contributed by atoms with Crippen LogP contribution in [0.2, 0.25) is 6.04 Å². The SMILES string of the molecule is CCC[Si](OC)(OC)OC.COC1=NOc2ccccc2C1. The van der Waals surface area contributed by atoms with Crippen LogP contribution in [0.15, 0.2) is 29.4 Å². The van der Waals surface area contributed by atoms with Gasteiger partial charge < -0.3 is 22.9 Å². The number of oxime groups is 1. The van der Waals surface area contributed by atoms with E-state index in [2.05, 4.69) is 12.1 Å². The van der Waals surface area contributed by atoms with Gasteiger partial charge in [0.1, 0.15) is 0 Å². The molecule has 0 N–H and O–H groups in total. The lowest BCUT2D eigenvalue weighted by atomic mass is 10.1. The standard InChI is InChI=1S/C9H9NO2.C6H16O3Si/c1-11-9-6-7-4-2-3-5-8(7)12-10-9;1-5-6-10(7-2,8-3)9-4/h2-5H,6H2,1H3;5-6H2,1-4H3. The minimum absolute atomic E-state index is 0.619. The number of rotatable bonds is 5. The second-order valence-electron chi connectivity index (χ2n) is 4.61. The Hall–Kier alpha value is -1.41. The molecule has 1 aromatic carbocycles. The Morgan fingerprint density at radius 1 is 1.09 bits per heavy atom. The Balaban J connectivity index is 0.000000225. The number of benzene rings is 1. The van der Waals surface area contributed by atoms with Crippen molar-refractivity contribution in [3.63, 3.8) is 0 Å². The number of hydrogen-bond acceptors (Lipinski definition) is 6. The van der Waals surface area contributed by atoms with Gasteiger partial charge in [-0.1, -0.05) is 31.5 Å². The van der Waals surface area contributed by atoms with Crippen LogP contribution in [0.3, 0.4) is 0 Å². The van der Waals surface area contributed by atoms with Crippen LogP contribution >= 0.6 is 0 Å². The molecular formula is C15H25NO5Si. The molecule has 2 rings (SSSR count).